The zero-order valence-electron chi connectivity index (χ0n) is 20.4. The van der Waals surface area contributed by atoms with Gasteiger partial charge in [0.15, 0.2) is 0 Å². The van der Waals surface area contributed by atoms with Gasteiger partial charge in [-0.25, -0.2) is 4.79 Å². The summed E-state index contributed by atoms with van der Waals surface area (Å²) in [5.74, 6) is -2.77. The summed E-state index contributed by atoms with van der Waals surface area (Å²) >= 11 is 0. The van der Waals surface area contributed by atoms with Gasteiger partial charge in [-0.2, -0.15) is 13.2 Å². The van der Waals surface area contributed by atoms with Crippen LogP contribution in [-0.2, 0) is 22.3 Å². The minimum atomic E-state index is -4.77. The van der Waals surface area contributed by atoms with Gasteiger partial charge in [0.25, 0.3) is 0 Å². The highest BCUT2D eigenvalue weighted by molar-refractivity contribution is 5.91. The molecule has 6 nitrogen and oxygen atoms in total. The number of hydrogen-bond acceptors (Lipinski definition) is 5. The lowest BCUT2D eigenvalue weighted by atomic mass is 9.74. The molecule has 3 aromatic rings. The van der Waals surface area contributed by atoms with Crippen molar-refractivity contribution in [1.29, 1.82) is 0 Å². The molecule has 4 rings (SSSR count). The van der Waals surface area contributed by atoms with Crippen molar-refractivity contribution in [2.24, 2.45) is 5.41 Å². The zero-order chi connectivity index (χ0) is 26.8. The SMILES string of the molecule is COc1cc(C(F)(F)F)c(OC2CCC(C)(C(=O)OCc3cccc4ccccc34)CC2)cc1C(=O)O. The van der Waals surface area contributed by atoms with Gasteiger partial charge >= 0.3 is 18.1 Å². The van der Waals surface area contributed by atoms with Crippen molar-refractivity contribution in [2.75, 3.05) is 7.11 Å². The Bertz CT molecular complexity index is 1300. The average molecular weight is 517 g/mol. The lowest BCUT2D eigenvalue weighted by molar-refractivity contribution is -0.159. The van der Waals surface area contributed by atoms with Gasteiger partial charge in [0.05, 0.1) is 18.6 Å². The summed E-state index contributed by atoms with van der Waals surface area (Å²) in [6, 6.07) is 15.1. The molecular weight excluding hydrogens is 489 g/mol. The molecule has 0 heterocycles. The highest BCUT2D eigenvalue weighted by Crippen LogP contribution is 2.43. The van der Waals surface area contributed by atoms with E-state index in [4.69, 9.17) is 14.2 Å². The van der Waals surface area contributed by atoms with Gasteiger partial charge < -0.3 is 19.3 Å². The van der Waals surface area contributed by atoms with Gasteiger partial charge in [-0.1, -0.05) is 42.5 Å². The number of hydrogen-bond donors (Lipinski definition) is 1. The Labute approximate surface area is 211 Å². The number of carboxylic acids is 1. The van der Waals surface area contributed by atoms with Gasteiger partial charge in [-0.05, 0) is 61.1 Å². The van der Waals surface area contributed by atoms with Crippen LogP contribution in [-0.4, -0.2) is 30.3 Å². The molecule has 0 saturated heterocycles. The monoisotopic (exact) mass is 516 g/mol. The maximum absolute atomic E-state index is 13.7. The average Bonchev–Trinajstić information content (AvgIpc) is 2.87. The van der Waals surface area contributed by atoms with Crippen LogP contribution in [0.3, 0.4) is 0 Å². The molecule has 0 aromatic heterocycles. The maximum Gasteiger partial charge on any atom is 0.420 e. The first-order valence-corrected chi connectivity index (χ1v) is 11.8. The second-order valence-corrected chi connectivity index (χ2v) is 9.44. The number of carbonyl (C=O) groups is 2. The number of aromatic carboxylic acids is 1. The van der Waals surface area contributed by atoms with E-state index < -0.39 is 46.3 Å². The number of halogens is 3. The summed E-state index contributed by atoms with van der Waals surface area (Å²) in [6.07, 6.45) is -4.05. The number of ether oxygens (including phenoxy) is 3. The molecular formula is C28H27F3O6. The topological polar surface area (TPSA) is 82.1 Å². The molecule has 0 radical (unpaired) electrons. The molecule has 0 unspecified atom stereocenters. The number of carbonyl (C=O) groups excluding carboxylic acids is 1. The lowest BCUT2D eigenvalue weighted by Gasteiger charge is -2.35. The minimum Gasteiger partial charge on any atom is -0.496 e. The molecule has 1 aliphatic rings. The molecule has 3 aromatic carbocycles. The molecule has 1 aliphatic carbocycles. The first kappa shape index (κ1) is 26.3. The molecule has 0 spiro atoms. The molecule has 1 N–H and O–H groups in total. The number of benzene rings is 3. The second-order valence-electron chi connectivity index (χ2n) is 9.44. The van der Waals surface area contributed by atoms with Crippen molar-refractivity contribution in [3.8, 4) is 11.5 Å². The van der Waals surface area contributed by atoms with E-state index in [9.17, 15) is 27.9 Å². The van der Waals surface area contributed by atoms with Crippen LogP contribution in [0.15, 0.2) is 54.6 Å². The fourth-order valence-corrected chi connectivity index (χ4v) is 4.68. The molecule has 1 fully saturated rings. The molecule has 0 amide bonds. The van der Waals surface area contributed by atoms with E-state index in [0.717, 1.165) is 29.5 Å². The standard InChI is InChI=1S/C28H27F3O6/c1-27(26(34)36-16-18-8-5-7-17-6-3-4-9-20(17)18)12-10-19(11-13-27)37-24-14-21(25(32)33)23(35-2)15-22(24)28(29,30)31/h3-9,14-15,19H,10-13,16H2,1-2H3,(H,32,33). The van der Waals surface area contributed by atoms with Gasteiger partial charge in [-0.15, -0.1) is 0 Å². The van der Waals surface area contributed by atoms with E-state index in [-0.39, 0.29) is 12.6 Å². The number of fused-ring (bicyclic) bond motifs is 1. The maximum atomic E-state index is 13.7. The van der Waals surface area contributed by atoms with Crippen LogP contribution in [0.5, 0.6) is 11.5 Å². The zero-order valence-corrected chi connectivity index (χ0v) is 20.4. The predicted octanol–water partition coefficient (Wildman–Crippen LogP) is 6.64. The first-order chi connectivity index (χ1) is 17.5. The summed E-state index contributed by atoms with van der Waals surface area (Å²) in [4.78, 5) is 24.5. The van der Waals surface area contributed by atoms with E-state index in [1.54, 1.807) is 6.92 Å². The number of esters is 1. The van der Waals surface area contributed by atoms with Gasteiger partial charge in [0, 0.05) is 0 Å². The van der Waals surface area contributed by atoms with Crippen molar-refractivity contribution in [3.05, 3.63) is 71.3 Å². The quantitative estimate of drug-likeness (QED) is 0.355. The number of methoxy groups -OCH3 is 1. The van der Waals surface area contributed by atoms with E-state index in [1.807, 2.05) is 42.5 Å². The Balaban J connectivity index is 1.43. The summed E-state index contributed by atoms with van der Waals surface area (Å²) < 4.78 is 57.1. The Kier molecular flexibility index (Phi) is 7.34. The van der Waals surface area contributed by atoms with Crippen molar-refractivity contribution < 1.29 is 42.1 Å². The summed E-state index contributed by atoms with van der Waals surface area (Å²) in [7, 11) is 1.10. The van der Waals surface area contributed by atoms with Crippen LogP contribution in [0, 0.1) is 5.41 Å². The van der Waals surface area contributed by atoms with Crippen LogP contribution in [0.1, 0.15) is 54.1 Å². The minimum absolute atomic E-state index is 0.120. The summed E-state index contributed by atoms with van der Waals surface area (Å²) in [5, 5.41) is 11.4. The van der Waals surface area contributed by atoms with Gasteiger partial charge in [-0.3, -0.25) is 4.79 Å². The smallest absolute Gasteiger partial charge is 0.420 e. The van der Waals surface area contributed by atoms with E-state index in [0.29, 0.717) is 31.7 Å². The lowest BCUT2D eigenvalue weighted by Crippen LogP contribution is -2.37. The highest BCUT2D eigenvalue weighted by atomic mass is 19.4. The normalized spacial score (nSPS) is 19.9. The van der Waals surface area contributed by atoms with Crippen molar-refractivity contribution in [2.45, 2.75) is 51.5 Å². The van der Waals surface area contributed by atoms with Gasteiger partial charge in [0.1, 0.15) is 29.2 Å². The Hall–Kier alpha value is -3.75. The van der Waals surface area contributed by atoms with Crippen molar-refractivity contribution >= 4 is 22.7 Å². The van der Waals surface area contributed by atoms with E-state index in [2.05, 4.69) is 0 Å². The first-order valence-electron chi connectivity index (χ1n) is 11.8. The molecule has 196 valence electrons. The summed E-state index contributed by atoms with van der Waals surface area (Å²) in [5.41, 5.74) is -1.45. The predicted molar refractivity (Wildman–Crippen MR) is 130 cm³/mol. The van der Waals surface area contributed by atoms with Crippen LogP contribution in [0.25, 0.3) is 10.8 Å². The fraction of sp³-hybridized carbons (Fsp3) is 0.357. The van der Waals surface area contributed by atoms with E-state index in [1.165, 1.54) is 0 Å². The van der Waals surface area contributed by atoms with E-state index >= 15 is 0 Å². The molecule has 0 atom stereocenters. The van der Waals surface area contributed by atoms with Crippen LogP contribution in [0.2, 0.25) is 0 Å². The second kappa shape index (κ2) is 10.3. The molecule has 1 saturated carbocycles. The third-order valence-corrected chi connectivity index (χ3v) is 6.90. The molecule has 0 aliphatic heterocycles. The highest BCUT2D eigenvalue weighted by Gasteiger charge is 2.41. The van der Waals surface area contributed by atoms with Gasteiger partial charge in [0.2, 0.25) is 0 Å². The third kappa shape index (κ3) is 5.65. The van der Waals surface area contributed by atoms with Crippen LogP contribution >= 0.6 is 0 Å². The number of carboxylic acid groups (broad SMARTS) is 1. The molecule has 9 heteroatoms. The van der Waals surface area contributed by atoms with Crippen LogP contribution in [0.4, 0.5) is 13.2 Å². The Morgan fingerprint density at radius 1 is 1.03 bits per heavy atom. The third-order valence-electron chi connectivity index (χ3n) is 6.90. The Morgan fingerprint density at radius 2 is 1.70 bits per heavy atom. The van der Waals surface area contributed by atoms with Crippen molar-refractivity contribution in [3.63, 3.8) is 0 Å². The summed E-state index contributed by atoms with van der Waals surface area (Å²) in [6.45, 7) is 1.90. The molecule has 37 heavy (non-hydrogen) atoms. The number of alkyl halides is 3. The Morgan fingerprint density at radius 3 is 2.35 bits per heavy atom. The molecule has 0 bridgehead atoms. The largest absolute Gasteiger partial charge is 0.496 e. The number of rotatable bonds is 7. The van der Waals surface area contributed by atoms with Crippen molar-refractivity contribution in [1.82, 2.24) is 0 Å². The van der Waals surface area contributed by atoms with Crippen LogP contribution < -0.4 is 9.47 Å². The fourth-order valence-electron chi connectivity index (χ4n) is 4.68.